The summed E-state index contributed by atoms with van der Waals surface area (Å²) in [5, 5.41) is 3.58. The number of furan rings is 1. The molecule has 2 aromatic rings. The maximum absolute atomic E-state index is 5.36. The van der Waals surface area contributed by atoms with Crippen molar-refractivity contribution in [3.05, 3.63) is 53.5 Å². The van der Waals surface area contributed by atoms with E-state index in [4.69, 9.17) is 4.42 Å². The van der Waals surface area contributed by atoms with Gasteiger partial charge in [-0.05, 0) is 37.1 Å². The van der Waals surface area contributed by atoms with Gasteiger partial charge in [-0.15, -0.1) is 11.8 Å². The number of hydrogen-bond acceptors (Lipinski definition) is 3. The van der Waals surface area contributed by atoms with Crippen LogP contribution in [0.2, 0.25) is 0 Å². The molecule has 114 valence electrons. The number of thioether (sulfide) groups is 1. The van der Waals surface area contributed by atoms with Gasteiger partial charge in [-0.25, -0.2) is 0 Å². The molecule has 0 radical (unpaired) electrons. The zero-order valence-corrected chi connectivity index (χ0v) is 14.0. The Kier molecular flexibility index (Phi) is 6.40. The van der Waals surface area contributed by atoms with Crippen molar-refractivity contribution in [3.8, 4) is 0 Å². The van der Waals surface area contributed by atoms with E-state index in [0.29, 0.717) is 6.04 Å². The Morgan fingerprint density at radius 2 is 1.90 bits per heavy atom. The summed E-state index contributed by atoms with van der Waals surface area (Å²) in [6.45, 7) is 7.38. The molecule has 1 aromatic carbocycles. The Bertz CT molecular complexity index is 532. The fourth-order valence-corrected chi connectivity index (χ4v) is 3.48. The van der Waals surface area contributed by atoms with E-state index in [2.05, 4.69) is 43.4 Å². The quantitative estimate of drug-likeness (QED) is 0.696. The number of aryl methyl sites for hydroxylation is 2. The van der Waals surface area contributed by atoms with Crippen LogP contribution in [0.25, 0.3) is 0 Å². The predicted molar refractivity (Wildman–Crippen MR) is 91.0 cm³/mol. The van der Waals surface area contributed by atoms with Crippen LogP contribution < -0.4 is 5.32 Å². The first-order valence-corrected chi connectivity index (χ1v) is 8.72. The summed E-state index contributed by atoms with van der Waals surface area (Å²) in [7, 11) is 0. The minimum absolute atomic E-state index is 0.380. The molecule has 1 unspecified atom stereocenters. The van der Waals surface area contributed by atoms with E-state index in [-0.39, 0.29) is 0 Å². The second-order valence-electron chi connectivity index (χ2n) is 5.25. The first kappa shape index (κ1) is 16.2. The zero-order chi connectivity index (χ0) is 15.1. The third-order valence-corrected chi connectivity index (χ3v) is 4.82. The Morgan fingerprint density at radius 1 is 1.14 bits per heavy atom. The number of rotatable bonds is 8. The second kappa shape index (κ2) is 8.30. The molecule has 3 heteroatoms. The van der Waals surface area contributed by atoms with Gasteiger partial charge in [-0.1, -0.05) is 44.5 Å². The summed E-state index contributed by atoms with van der Waals surface area (Å²) < 4.78 is 5.36. The highest BCUT2D eigenvalue weighted by Crippen LogP contribution is 2.28. The normalized spacial score (nSPS) is 12.5. The molecule has 1 heterocycles. The van der Waals surface area contributed by atoms with Crippen LogP contribution in [0.1, 0.15) is 43.2 Å². The summed E-state index contributed by atoms with van der Waals surface area (Å²) in [5.41, 5.74) is 2.79. The monoisotopic (exact) mass is 303 g/mol. The van der Waals surface area contributed by atoms with Gasteiger partial charge in [0, 0.05) is 16.7 Å². The van der Waals surface area contributed by atoms with Crippen molar-refractivity contribution in [1.29, 1.82) is 0 Å². The number of nitrogens with one attached hydrogen (secondary N) is 1. The minimum atomic E-state index is 0.380. The molecular formula is C18H25NOS. The Labute approximate surface area is 132 Å². The molecule has 2 rings (SSSR count). The molecule has 0 aliphatic carbocycles. The van der Waals surface area contributed by atoms with Crippen molar-refractivity contribution in [3.63, 3.8) is 0 Å². The molecule has 0 bridgehead atoms. The molecule has 21 heavy (non-hydrogen) atoms. The van der Waals surface area contributed by atoms with Gasteiger partial charge >= 0.3 is 0 Å². The first-order valence-electron chi connectivity index (χ1n) is 7.73. The molecule has 0 aliphatic heterocycles. The predicted octanol–water partition coefficient (Wildman–Crippen LogP) is 4.98. The standard InChI is InChI=1S/C18H25NOS/c1-4-6-15-7-9-16(10-8-15)17(19-5-2)13-21-18-11-12-20-14(18)3/h7-12,17,19H,4-6,13H2,1-3H3. The lowest BCUT2D eigenvalue weighted by molar-refractivity contribution is 0.526. The van der Waals surface area contributed by atoms with Crippen LogP contribution in [0.5, 0.6) is 0 Å². The molecule has 0 spiro atoms. The number of hydrogen-bond donors (Lipinski definition) is 1. The fourth-order valence-electron chi connectivity index (χ4n) is 2.42. The molecule has 0 saturated heterocycles. The van der Waals surface area contributed by atoms with E-state index in [0.717, 1.165) is 24.5 Å². The summed E-state index contributed by atoms with van der Waals surface area (Å²) in [6, 6.07) is 11.5. The molecule has 0 aliphatic rings. The fraction of sp³-hybridized carbons (Fsp3) is 0.444. The first-order chi connectivity index (χ1) is 10.2. The Morgan fingerprint density at radius 3 is 2.48 bits per heavy atom. The van der Waals surface area contributed by atoms with Gasteiger partial charge < -0.3 is 9.73 Å². The van der Waals surface area contributed by atoms with Crippen molar-refractivity contribution < 1.29 is 4.42 Å². The van der Waals surface area contributed by atoms with Crippen molar-refractivity contribution in [2.45, 2.75) is 44.6 Å². The minimum Gasteiger partial charge on any atom is -0.468 e. The van der Waals surface area contributed by atoms with E-state index in [9.17, 15) is 0 Å². The van der Waals surface area contributed by atoms with Crippen LogP contribution in [-0.4, -0.2) is 12.3 Å². The van der Waals surface area contributed by atoms with E-state index in [1.54, 1.807) is 6.26 Å². The van der Waals surface area contributed by atoms with Crippen LogP contribution in [0, 0.1) is 6.92 Å². The van der Waals surface area contributed by atoms with Crippen LogP contribution in [0.3, 0.4) is 0 Å². The summed E-state index contributed by atoms with van der Waals surface area (Å²) in [5.74, 6) is 2.02. The molecular weight excluding hydrogens is 278 g/mol. The lowest BCUT2D eigenvalue weighted by atomic mass is 10.0. The molecule has 1 atom stereocenters. The van der Waals surface area contributed by atoms with Crippen LogP contribution in [0.15, 0.2) is 45.9 Å². The largest absolute Gasteiger partial charge is 0.468 e. The maximum Gasteiger partial charge on any atom is 0.114 e. The van der Waals surface area contributed by atoms with E-state index in [1.165, 1.54) is 22.4 Å². The Balaban J connectivity index is 2.02. The van der Waals surface area contributed by atoms with Crippen molar-refractivity contribution in [2.75, 3.05) is 12.3 Å². The van der Waals surface area contributed by atoms with Crippen LogP contribution in [0.4, 0.5) is 0 Å². The van der Waals surface area contributed by atoms with Gasteiger partial charge in [0.15, 0.2) is 0 Å². The molecule has 0 fully saturated rings. The zero-order valence-electron chi connectivity index (χ0n) is 13.2. The highest BCUT2D eigenvalue weighted by molar-refractivity contribution is 7.99. The number of benzene rings is 1. The van der Waals surface area contributed by atoms with Gasteiger partial charge in [0.05, 0.1) is 6.26 Å². The van der Waals surface area contributed by atoms with Crippen molar-refractivity contribution >= 4 is 11.8 Å². The molecule has 0 amide bonds. The average molecular weight is 303 g/mol. The summed E-state index contributed by atoms with van der Waals surface area (Å²) >= 11 is 1.85. The topological polar surface area (TPSA) is 25.2 Å². The third-order valence-electron chi connectivity index (χ3n) is 3.59. The summed E-state index contributed by atoms with van der Waals surface area (Å²) in [4.78, 5) is 1.24. The lowest BCUT2D eigenvalue weighted by Gasteiger charge is -2.18. The van der Waals surface area contributed by atoms with Gasteiger partial charge in [0.25, 0.3) is 0 Å². The van der Waals surface area contributed by atoms with E-state index >= 15 is 0 Å². The smallest absolute Gasteiger partial charge is 0.114 e. The van der Waals surface area contributed by atoms with Crippen molar-refractivity contribution in [2.24, 2.45) is 0 Å². The van der Waals surface area contributed by atoms with Crippen LogP contribution in [-0.2, 0) is 6.42 Å². The van der Waals surface area contributed by atoms with Gasteiger partial charge in [0.1, 0.15) is 5.76 Å². The van der Waals surface area contributed by atoms with Gasteiger partial charge in [-0.3, -0.25) is 0 Å². The van der Waals surface area contributed by atoms with E-state index < -0.39 is 0 Å². The second-order valence-corrected chi connectivity index (χ2v) is 6.32. The molecule has 2 nitrogen and oxygen atoms in total. The summed E-state index contributed by atoms with van der Waals surface area (Å²) in [6.07, 6.45) is 4.13. The Hall–Kier alpha value is -1.19. The van der Waals surface area contributed by atoms with Crippen molar-refractivity contribution in [1.82, 2.24) is 5.32 Å². The third kappa shape index (κ3) is 4.65. The lowest BCUT2D eigenvalue weighted by Crippen LogP contribution is -2.22. The van der Waals surface area contributed by atoms with E-state index in [1.807, 2.05) is 24.8 Å². The molecule has 0 saturated carbocycles. The highest BCUT2D eigenvalue weighted by atomic mass is 32.2. The SMILES string of the molecule is CCCc1ccc(C(CSc2ccoc2C)NCC)cc1. The maximum atomic E-state index is 5.36. The van der Waals surface area contributed by atoms with Gasteiger partial charge in [0.2, 0.25) is 0 Å². The highest BCUT2D eigenvalue weighted by Gasteiger charge is 2.12. The van der Waals surface area contributed by atoms with Crippen LogP contribution >= 0.6 is 11.8 Å². The molecule has 1 N–H and O–H groups in total. The van der Waals surface area contributed by atoms with Gasteiger partial charge in [-0.2, -0.15) is 0 Å². The molecule has 1 aromatic heterocycles. The average Bonchev–Trinajstić information content (AvgIpc) is 2.90.